The van der Waals surface area contributed by atoms with E-state index >= 15 is 0 Å². The van der Waals surface area contributed by atoms with Crippen LogP contribution >= 0.6 is 0 Å². The van der Waals surface area contributed by atoms with Gasteiger partial charge in [0.25, 0.3) is 11.5 Å². The quantitative estimate of drug-likeness (QED) is 0.803. The number of nitrogens with one attached hydrogen (secondary N) is 1. The number of carboxylic acids is 1. The van der Waals surface area contributed by atoms with Crippen LogP contribution in [0.5, 0.6) is 0 Å². The van der Waals surface area contributed by atoms with Crippen molar-refractivity contribution in [1.82, 2.24) is 14.5 Å². The average Bonchev–Trinajstić information content (AvgIpc) is 2.58. The maximum Gasteiger partial charge on any atom is 0.335 e. The first kappa shape index (κ1) is 15.7. The molecule has 24 heavy (non-hydrogen) atoms. The molecule has 3 rings (SSSR count). The molecule has 0 spiro atoms. The molecule has 0 atom stereocenters. The van der Waals surface area contributed by atoms with Crippen molar-refractivity contribution in [2.45, 2.75) is 13.0 Å². The molecule has 1 aliphatic rings. The third-order valence-electron chi connectivity index (χ3n) is 4.16. The van der Waals surface area contributed by atoms with E-state index in [9.17, 15) is 19.2 Å². The number of carboxylic acid groups (broad SMARTS) is 1. The molecule has 1 aromatic carbocycles. The van der Waals surface area contributed by atoms with Crippen molar-refractivity contribution in [1.29, 1.82) is 0 Å². The Labute approximate surface area is 136 Å². The fourth-order valence-electron chi connectivity index (χ4n) is 2.75. The molecular formula is C16H15N3O5. The fraction of sp³-hybridized carbons (Fsp3) is 0.250. The topological polar surface area (TPSA) is 112 Å². The Morgan fingerprint density at radius 1 is 1.21 bits per heavy atom. The lowest BCUT2D eigenvalue weighted by Crippen LogP contribution is -2.42. The second-order valence-corrected chi connectivity index (χ2v) is 5.64. The van der Waals surface area contributed by atoms with Gasteiger partial charge in [0.15, 0.2) is 0 Å². The molecule has 0 unspecified atom stereocenters. The minimum atomic E-state index is -1.03. The number of aromatic carboxylic acids is 1. The molecule has 0 aliphatic carbocycles. The highest BCUT2D eigenvalue weighted by Crippen LogP contribution is 2.21. The number of aromatic nitrogens is 2. The Morgan fingerprint density at radius 3 is 2.67 bits per heavy atom. The molecule has 0 saturated carbocycles. The molecule has 2 heterocycles. The molecule has 1 aromatic heterocycles. The van der Waals surface area contributed by atoms with Crippen molar-refractivity contribution in [3.05, 3.63) is 67.5 Å². The minimum absolute atomic E-state index is 0.116. The Bertz CT molecular complexity index is 957. The molecule has 124 valence electrons. The molecule has 8 heteroatoms. The molecule has 2 N–H and O–H groups in total. The molecule has 8 nitrogen and oxygen atoms in total. The highest BCUT2D eigenvalue weighted by atomic mass is 16.4. The van der Waals surface area contributed by atoms with Gasteiger partial charge in [0.05, 0.1) is 5.56 Å². The molecule has 0 saturated heterocycles. The SMILES string of the molecule is Cn1c(=O)[nH]cc(C(=O)N2CCc3ccc(C(=O)O)cc3C2)c1=O. The van der Waals surface area contributed by atoms with Gasteiger partial charge in [0, 0.05) is 26.3 Å². The number of nitrogens with zero attached hydrogens (tertiary/aromatic N) is 2. The van der Waals surface area contributed by atoms with Crippen molar-refractivity contribution < 1.29 is 14.7 Å². The normalized spacial score (nSPS) is 13.5. The van der Waals surface area contributed by atoms with Crippen LogP contribution in [0.1, 0.15) is 31.8 Å². The number of hydrogen-bond acceptors (Lipinski definition) is 4. The van der Waals surface area contributed by atoms with E-state index < -0.39 is 23.1 Å². The summed E-state index contributed by atoms with van der Waals surface area (Å²) in [6.07, 6.45) is 1.70. The summed E-state index contributed by atoms with van der Waals surface area (Å²) in [4.78, 5) is 51.0. The summed E-state index contributed by atoms with van der Waals surface area (Å²) in [5, 5.41) is 9.07. The first-order valence-electron chi connectivity index (χ1n) is 7.31. The standard InChI is InChI=1S/C16H15N3O5/c1-18-13(20)12(7-17-16(18)24)14(21)19-5-4-9-2-3-10(15(22)23)6-11(9)8-19/h2-3,6-7H,4-5,8H2,1H3,(H,17,24)(H,22,23). The molecule has 0 radical (unpaired) electrons. The van der Waals surface area contributed by atoms with Crippen molar-refractivity contribution in [3.8, 4) is 0 Å². The van der Waals surface area contributed by atoms with Crippen LogP contribution in [-0.2, 0) is 20.0 Å². The van der Waals surface area contributed by atoms with Gasteiger partial charge in [-0.15, -0.1) is 0 Å². The Kier molecular flexibility index (Phi) is 3.80. The van der Waals surface area contributed by atoms with Gasteiger partial charge in [-0.3, -0.25) is 14.2 Å². The van der Waals surface area contributed by atoms with Gasteiger partial charge in [0.2, 0.25) is 0 Å². The Hall–Kier alpha value is -3.16. The maximum atomic E-state index is 12.6. The van der Waals surface area contributed by atoms with E-state index in [2.05, 4.69) is 4.98 Å². The second kappa shape index (κ2) is 5.80. The van der Waals surface area contributed by atoms with Gasteiger partial charge >= 0.3 is 11.7 Å². The molecule has 1 aliphatic heterocycles. The number of H-pyrrole nitrogens is 1. The van der Waals surface area contributed by atoms with E-state index in [-0.39, 0.29) is 17.7 Å². The highest BCUT2D eigenvalue weighted by molar-refractivity contribution is 5.94. The van der Waals surface area contributed by atoms with Crippen LogP contribution in [0.3, 0.4) is 0 Å². The number of amides is 1. The summed E-state index contributed by atoms with van der Waals surface area (Å²) in [7, 11) is 1.29. The van der Waals surface area contributed by atoms with Gasteiger partial charge in [-0.25, -0.2) is 9.59 Å². The summed E-state index contributed by atoms with van der Waals surface area (Å²) >= 11 is 0. The van der Waals surface area contributed by atoms with Crippen molar-refractivity contribution >= 4 is 11.9 Å². The van der Waals surface area contributed by atoms with Crippen LogP contribution in [0.25, 0.3) is 0 Å². The van der Waals surface area contributed by atoms with Crippen LogP contribution in [-0.4, -0.2) is 38.0 Å². The predicted molar refractivity (Wildman–Crippen MR) is 84.1 cm³/mol. The number of carbonyl (C=O) groups excluding carboxylic acids is 1. The van der Waals surface area contributed by atoms with Crippen molar-refractivity contribution in [3.63, 3.8) is 0 Å². The Morgan fingerprint density at radius 2 is 1.96 bits per heavy atom. The number of benzene rings is 1. The number of fused-ring (bicyclic) bond motifs is 1. The third kappa shape index (κ3) is 2.62. The van der Waals surface area contributed by atoms with Crippen LogP contribution in [0.2, 0.25) is 0 Å². The summed E-state index contributed by atoms with van der Waals surface area (Å²) in [5.41, 5.74) is 0.521. The zero-order chi connectivity index (χ0) is 17.4. The second-order valence-electron chi connectivity index (χ2n) is 5.64. The zero-order valence-corrected chi connectivity index (χ0v) is 12.9. The molecule has 1 amide bonds. The Balaban J connectivity index is 1.93. The minimum Gasteiger partial charge on any atom is -0.478 e. The largest absolute Gasteiger partial charge is 0.478 e. The fourth-order valence-corrected chi connectivity index (χ4v) is 2.75. The molecular weight excluding hydrogens is 314 g/mol. The maximum absolute atomic E-state index is 12.6. The van der Waals surface area contributed by atoms with E-state index in [4.69, 9.17) is 5.11 Å². The molecule has 0 bridgehead atoms. The van der Waals surface area contributed by atoms with Crippen LogP contribution < -0.4 is 11.2 Å². The number of hydrogen-bond donors (Lipinski definition) is 2. The van der Waals surface area contributed by atoms with E-state index in [1.165, 1.54) is 18.0 Å². The van der Waals surface area contributed by atoms with Crippen LogP contribution in [0, 0.1) is 0 Å². The monoisotopic (exact) mass is 329 g/mol. The molecule has 2 aromatic rings. The van der Waals surface area contributed by atoms with E-state index in [0.717, 1.165) is 21.9 Å². The van der Waals surface area contributed by atoms with Crippen molar-refractivity contribution in [2.75, 3.05) is 6.54 Å². The van der Waals surface area contributed by atoms with Gasteiger partial charge < -0.3 is 15.0 Å². The number of rotatable bonds is 2. The van der Waals surface area contributed by atoms with E-state index in [0.29, 0.717) is 13.0 Å². The smallest absolute Gasteiger partial charge is 0.335 e. The number of aromatic amines is 1. The lowest BCUT2D eigenvalue weighted by Gasteiger charge is -2.29. The summed E-state index contributed by atoms with van der Waals surface area (Å²) < 4.78 is 0.841. The first-order chi connectivity index (χ1) is 11.4. The van der Waals surface area contributed by atoms with Crippen LogP contribution in [0.4, 0.5) is 0 Å². The van der Waals surface area contributed by atoms with E-state index in [1.807, 2.05) is 0 Å². The highest BCUT2D eigenvalue weighted by Gasteiger charge is 2.25. The lowest BCUT2D eigenvalue weighted by atomic mass is 9.97. The summed E-state index contributed by atoms with van der Waals surface area (Å²) in [6, 6.07) is 4.83. The van der Waals surface area contributed by atoms with Gasteiger partial charge in [0.1, 0.15) is 5.56 Å². The van der Waals surface area contributed by atoms with Gasteiger partial charge in [-0.05, 0) is 29.7 Å². The number of carbonyl (C=O) groups is 2. The summed E-state index contributed by atoms with van der Waals surface area (Å²) in [5.74, 6) is -1.52. The molecule has 0 fully saturated rings. The average molecular weight is 329 g/mol. The zero-order valence-electron chi connectivity index (χ0n) is 12.9. The first-order valence-corrected chi connectivity index (χ1v) is 7.31. The summed E-state index contributed by atoms with van der Waals surface area (Å²) in [6.45, 7) is 0.637. The lowest BCUT2D eigenvalue weighted by molar-refractivity contribution is 0.0696. The third-order valence-corrected chi connectivity index (χ3v) is 4.16. The predicted octanol–water partition coefficient (Wildman–Crippen LogP) is -0.0297. The van der Waals surface area contributed by atoms with Gasteiger partial charge in [-0.1, -0.05) is 6.07 Å². The van der Waals surface area contributed by atoms with Gasteiger partial charge in [-0.2, -0.15) is 0 Å². The van der Waals surface area contributed by atoms with E-state index in [1.54, 1.807) is 12.1 Å². The van der Waals surface area contributed by atoms with Crippen molar-refractivity contribution in [2.24, 2.45) is 7.05 Å². The van der Waals surface area contributed by atoms with Crippen LogP contribution in [0.15, 0.2) is 34.0 Å².